The molecule has 6 nitrogen and oxygen atoms in total. The van der Waals surface area contributed by atoms with Gasteiger partial charge in [-0.25, -0.2) is 9.78 Å². The topological polar surface area (TPSA) is 84.6 Å². The number of oxazole rings is 1. The molecule has 3 aromatic rings. The molecule has 1 aromatic heterocycles. The van der Waals surface area contributed by atoms with E-state index in [0.717, 1.165) is 42.3 Å². The van der Waals surface area contributed by atoms with E-state index in [9.17, 15) is 9.90 Å². The molecule has 0 amide bonds. The fourth-order valence-corrected chi connectivity index (χ4v) is 3.50. The zero-order chi connectivity index (χ0) is 22.4. The van der Waals surface area contributed by atoms with Crippen LogP contribution in [0.1, 0.15) is 76.9 Å². The van der Waals surface area contributed by atoms with Crippen molar-refractivity contribution in [3.05, 3.63) is 60.0 Å². The highest BCUT2D eigenvalue weighted by Gasteiger charge is 2.29. The van der Waals surface area contributed by atoms with Crippen LogP contribution in [0, 0.1) is 0 Å². The summed E-state index contributed by atoms with van der Waals surface area (Å²) < 4.78 is 11.8. The number of nitrogens with zero attached hydrogens (tertiary/aromatic N) is 1. The number of unbranched alkanes of at least 4 members (excludes halogenated alkanes) is 2. The van der Waals surface area contributed by atoms with Crippen molar-refractivity contribution in [1.29, 1.82) is 0 Å². The van der Waals surface area contributed by atoms with Crippen molar-refractivity contribution < 1.29 is 19.1 Å². The molecule has 3 rings (SSSR count). The summed E-state index contributed by atoms with van der Waals surface area (Å²) in [6, 6.07) is 15.3. The summed E-state index contributed by atoms with van der Waals surface area (Å²) in [6.45, 7) is 7.35. The first-order chi connectivity index (χ1) is 14.8. The highest BCUT2D eigenvalue weighted by molar-refractivity contribution is 5.76. The third kappa shape index (κ3) is 5.85. The van der Waals surface area contributed by atoms with E-state index in [4.69, 9.17) is 14.1 Å². The largest absolute Gasteiger partial charge is 0.478 e. The molecule has 166 valence electrons. The number of carboxylic acid groups (broad SMARTS) is 1. The van der Waals surface area contributed by atoms with Gasteiger partial charge in [0.05, 0.1) is 6.04 Å². The van der Waals surface area contributed by atoms with Crippen molar-refractivity contribution in [3.63, 3.8) is 0 Å². The third-order valence-electron chi connectivity index (χ3n) is 5.40. The summed E-state index contributed by atoms with van der Waals surface area (Å²) in [5.74, 6) is 0.225. The molecule has 0 saturated heterocycles. The Kier molecular flexibility index (Phi) is 7.33. The highest BCUT2D eigenvalue weighted by Crippen LogP contribution is 2.29. The highest BCUT2D eigenvalue weighted by atomic mass is 16.5. The van der Waals surface area contributed by atoms with Crippen molar-refractivity contribution in [2.75, 3.05) is 0 Å². The summed E-state index contributed by atoms with van der Waals surface area (Å²) in [5.41, 5.74) is 1.36. The number of nitrogens with one attached hydrogen (secondary N) is 1. The van der Waals surface area contributed by atoms with Gasteiger partial charge in [-0.1, -0.05) is 50.5 Å². The van der Waals surface area contributed by atoms with E-state index in [2.05, 4.69) is 19.2 Å². The lowest BCUT2D eigenvalue weighted by Crippen LogP contribution is -2.37. The Bertz CT molecular complexity index is 978. The first-order valence-corrected chi connectivity index (χ1v) is 10.9. The summed E-state index contributed by atoms with van der Waals surface area (Å²) in [5, 5.41) is 13.0. The lowest BCUT2D eigenvalue weighted by atomic mass is 10.0. The van der Waals surface area contributed by atoms with Crippen LogP contribution in [0.3, 0.4) is 0 Å². The van der Waals surface area contributed by atoms with Crippen LogP contribution in [0.15, 0.2) is 52.9 Å². The maximum Gasteiger partial charge on any atom is 0.347 e. The van der Waals surface area contributed by atoms with Crippen LogP contribution in [0.4, 0.5) is 0 Å². The molecule has 31 heavy (non-hydrogen) atoms. The molecule has 0 saturated carbocycles. The molecular weight excluding hydrogens is 392 g/mol. The molecular formula is C25H32N2O4. The lowest BCUT2D eigenvalue weighted by Gasteiger charge is -2.24. The Morgan fingerprint density at radius 1 is 1.19 bits per heavy atom. The second-order valence-electron chi connectivity index (χ2n) is 8.45. The van der Waals surface area contributed by atoms with Gasteiger partial charge in [0.15, 0.2) is 11.2 Å². The fraction of sp³-hybridized carbons (Fsp3) is 0.440. The standard InChI is InChI=1S/C25H32N2O4/c1-5-6-7-14-21(23-27-20-13-8-9-15-22(20)30-23)26-17(2)18-11-10-12-19(16-18)31-25(3,4)24(28)29/h8-13,15-17,21,26H,5-7,14H2,1-4H3,(H,28,29). The zero-order valence-corrected chi connectivity index (χ0v) is 18.7. The number of ether oxygens (including phenoxy) is 1. The molecule has 2 atom stereocenters. The molecule has 0 aliphatic carbocycles. The van der Waals surface area contributed by atoms with Crippen LogP contribution < -0.4 is 10.1 Å². The number of rotatable bonds is 11. The summed E-state index contributed by atoms with van der Waals surface area (Å²) in [4.78, 5) is 16.1. The van der Waals surface area contributed by atoms with Crippen molar-refractivity contribution >= 4 is 17.1 Å². The van der Waals surface area contributed by atoms with Gasteiger partial charge in [0.1, 0.15) is 11.3 Å². The molecule has 2 N–H and O–H groups in total. The fourth-order valence-electron chi connectivity index (χ4n) is 3.50. The predicted molar refractivity (Wildman–Crippen MR) is 121 cm³/mol. The average molecular weight is 425 g/mol. The van der Waals surface area contributed by atoms with Gasteiger partial charge < -0.3 is 14.3 Å². The van der Waals surface area contributed by atoms with Crippen LogP contribution >= 0.6 is 0 Å². The number of aliphatic carboxylic acids is 1. The summed E-state index contributed by atoms with van der Waals surface area (Å²) >= 11 is 0. The maximum absolute atomic E-state index is 11.4. The Morgan fingerprint density at radius 2 is 1.97 bits per heavy atom. The minimum Gasteiger partial charge on any atom is -0.478 e. The number of benzene rings is 2. The van der Waals surface area contributed by atoms with Gasteiger partial charge >= 0.3 is 5.97 Å². The normalized spacial score (nSPS) is 13.8. The van der Waals surface area contributed by atoms with Crippen molar-refractivity contribution in [2.24, 2.45) is 0 Å². The Hall–Kier alpha value is -2.86. The number of para-hydroxylation sites is 2. The molecule has 0 radical (unpaired) electrons. The van der Waals surface area contributed by atoms with Gasteiger partial charge in [0.2, 0.25) is 5.89 Å². The van der Waals surface area contributed by atoms with Gasteiger partial charge in [-0.2, -0.15) is 0 Å². The minimum absolute atomic E-state index is 0.00173. The van der Waals surface area contributed by atoms with E-state index in [1.54, 1.807) is 19.9 Å². The second-order valence-corrected chi connectivity index (χ2v) is 8.45. The number of fused-ring (bicyclic) bond motifs is 1. The van der Waals surface area contributed by atoms with E-state index in [1.165, 1.54) is 0 Å². The Labute approximate surface area is 183 Å². The van der Waals surface area contributed by atoms with Crippen LogP contribution in [-0.2, 0) is 4.79 Å². The van der Waals surface area contributed by atoms with E-state index >= 15 is 0 Å². The lowest BCUT2D eigenvalue weighted by molar-refractivity contribution is -0.152. The van der Waals surface area contributed by atoms with E-state index in [-0.39, 0.29) is 12.1 Å². The minimum atomic E-state index is -1.30. The smallest absolute Gasteiger partial charge is 0.347 e. The molecule has 2 unspecified atom stereocenters. The van der Waals surface area contributed by atoms with Gasteiger partial charge in [-0.15, -0.1) is 0 Å². The van der Waals surface area contributed by atoms with Crippen LogP contribution in [0.5, 0.6) is 5.75 Å². The molecule has 6 heteroatoms. The maximum atomic E-state index is 11.4. The predicted octanol–water partition coefficient (Wildman–Crippen LogP) is 6.04. The SMILES string of the molecule is CCCCCC(NC(C)c1cccc(OC(C)(C)C(=O)O)c1)c1nc2ccccc2o1. The third-order valence-corrected chi connectivity index (χ3v) is 5.40. The molecule has 0 aliphatic rings. The van der Waals surface area contributed by atoms with Crippen molar-refractivity contribution in [1.82, 2.24) is 10.3 Å². The van der Waals surface area contributed by atoms with Crippen molar-refractivity contribution in [2.45, 2.75) is 71.1 Å². The van der Waals surface area contributed by atoms with Crippen LogP contribution in [-0.4, -0.2) is 21.7 Å². The van der Waals surface area contributed by atoms with Gasteiger partial charge in [0.25, 0.3) is 0 Å². The van der Waals surface area contributed by atoms with E-state index in [1.807, 2.05) is 42.5 Å². The quantitative estimate of drug-likeness (QED) is 0.365. The summed E-state index contributed by atoms with van der Waals surface area (Å²) in [6.07, 6.45) is 4.30. The molecule has 0 fully saturated rings. The number of carboxylic acids is 1. The zero-order valence-electron chi connectivity index (χ0n) is 18.7. The molecule has 0 spiro atoms. The number of hydrogen-bond donors (Lipinski definition) is 2. The molecule has 2 aromatic carbocycles. The first kappa shape index (κ1) is 22.8. The van der Waals surface area contributed by atoms with Gasteiger partial charge in [-0.3, -0.25) is 5.32 Å². The monoisotopic (exact) mass is 424 g/mol. The van der Waals surface area contributed by atoms with Gasteiger partial charge in [0, 0.05) is 6.04 Å². The van der Waals surface area contributed by atoms with Crippen LogP contribution in [0.25, 0.3) is 11.1 Å². The first-order valence-electron chi connectivity index (χ1n) is 10.9. The second kappa shape index (κ2) is 9.96. The molecule has 0 aliphatic heterocycles. The number of hydrogen-bond acceptors (Lipinski definition) is 5. The summed E-state index contributed by atoms with van der Waals surface area (Å²) in [7, 11) is 0. The average Bonchev–Trinajstić information content (AvgIpc) is 3.17. The molecule has 0 bridgehead atoms. The van der Waals surface area contributed by atoms with Crippen molar-refractivity contribution in [3.8, 4) is 5.75 Å². The van der Waals surface area contributed by atoms with Gasteiger partial charge in [-0.05, 0) is 57.0 Å². The van der Waals surface area contributed by atoms with Crippen LogP contribution in [0.2, 0.25) is 0 Å². The van der Waals surface area contributed by atoms with E-state index < -0.39 is 11.6 Å². The number of carbonyl (C=O) groups is 1. The molecule has 1 heterocycles. The number of aromatic nitrogens is 1. The van der Waals surface area contributed by atoms with E-state index in [0.29, 0.717) is 11.6 Å². The Balaban J connectivity index is 1.79. The Morgan fingerprint density at radius 3 is 2.68 bits per heavy atom.